The molecule has 0 spiro atoms. The third-order valence-corrected chi connectivity index (χ3v) is 2.11. The van der Waals surface area contributed by atoms with Gasteiger partial charge in [0.2, 0.25) is 0 Å². The van der Waals surface area contributed by atoms with E-state index in [9.17, 15) is 0 Å². The average molecular weight is 152 g/mol. The molecule has 1 saturated heterocycles. The summed E-state index contributed by atoms with van der Waals surface area (Å²) < 4.78 is 0. The van der Waals surface area contributed by atoms with E-state index >= 15 is 0 Å². The van der Waals surface area contributed by atoms with Crippen molar-refractivity contribution in [2.24, 2.45) is 0 Å². The SMILES string of the molecule is Nc1cn[nH]c1C1CCCN1. The molecule has 2 heterocycles. The van der Waals surface area contributed by atoms with E-state index in [0.717, 1.165) is 24.3 Å². The van der Waals surface area contributed by atoms with Crippen LogP contribution in [0, 0.1) is 0 Å². The van der Waals surface area contributed by atoms with Gasteiger partial charge in [-0.2, -0.15) is 5.10 Å². The summed E-state index contributed by atoms with van der Waals surface area (Å²) in [6.07, 6.45) is 4.05. The van der Waals surface area contributed by atoms with Crippen molar-refractivity contribution in [1.29, 1.82) is 0 Å². The van der Waals surface area contributed by atoms with Crippen LogP contribution in [0.25, 0.3) is 0 Å². The number of hydrogen-bond acceptors (Lipinski definition) is 3. The number of nitrogens with two attached hydrogens (primary N) is 1. The fourth-order valence-corrected chi connectivity index (χ4v) is 1.52. The molecule has 1 aromatic rings. The predicted octanol–water partition coefficient (Wildman–Crippen LogP) is 0.416. The molecule has 4 nitrogen and oxygen atoms in total. The average Bonchev–Trinajstić information content (AvgIpc) is 2.55. The largest absolute Gasteiger partial charge is 0.396 e. The minimum absolute atomic E-state index is 0.400. The van der Waals surface area contributed by atoms with Crippen molar-refractivity contribution >= 4 is 5.69 Å². The van der Waals surface area contributed by atoms with Gasteiger partial charge in [-0.3, -0.25) is 5.10 Å². The van der Waals surface area contributed by atoms with E-state index in [0.29, 0.717) is 6.04 Å². The summed E-state index contributed by atoms with van der Waals surface area (Å²) in [5.41, 5.74) is 7.50. The summed E-state index contributed by atoms with van der Waals surface area (Å²) in [4.78, 5) is 0. The van der Waals surface area contributed by atoms with Crippen molar-refractivity contribution in [3.8, 4) is 0 Å². The fourth-order valence-electron chi connectivity index (χ4n) is 1.52. The molecule has 0 saturated carbocycles. The number of aromatic amines is 1. The van der Waals surface area contributed by atoms with Crippen LogP contribution in [0.1, 0.15) is 24.6 Å². The van der Waals surface area contributed by atoms with Crippen LogP contribution in [0.5, 0.6) is 0 Å². The number of nitrogen functional groups attached to an aromatic ring is 1. The Morgan fingerprint density at radius 1 is 1.64 bits per heavy atom. The van der Waals surface area contributed by atoms with Gasteiger partial charge in [-0.05, 0) is 19.4 Å². The van der Waals surface area contributed by atoms with Gasteiger partial charge >= 0.3 is 0 Å². The van der Waals surface area contributed by atoms with E-state index < -0.39 is 0 Å². The van der Waals surface area contributed by atoms with Gasteiger partial charge in [0.25, 0.3) is 0 Å². The first-order valence-corrected chi connectivity index (χ1v) is 3.90. The van der Waals surface area contributed by atoms with Crippen LogP contribution >= 0.6 is 0 Å². The van der Waals surface area contributed by atoms with Crippen molar-refractivity contribution in [1.82, 2.24) is 15.5 Å². The molecular formula is C7H12N4. The van der Waals surface area contributed by atoms with Gasteiger partial charge in [-0.15, -0.1) is 0 Å². The van der Waals surface area contributed by atoms with Gasteiger partial charge in [0.15, 0.2) is 0 Å². The van der Waals surface area contributed by atoms with Crippen molar-refractivity contribution in [3.05, 3.63) is 11.9 Å². The highest BCUT2D eigenvalue weighted by molar-refractivity contribution is 5.42. The van der Waals surface area contributed by atoms with E-state index in [2.05, 4.69) is 15.5 Å². The van der Waals surface area contributed by atoms with Gasteiger partial charge in [0, 0.05) is 0 Å². The highest BCUT2D eigenvalue weighted by Crippen LogP contribution is 2.24. The number of nitrogens with zero attached hydrogens (tertiary/aromatic N) is 1. The Kier molecular flexibility index (Phi) is 1.54. The molecule has 0 radical (unpaired) electrons. The first-order chi connectivity index (χ1) is 5.38. The standard InChI is InChI=1S/C7H12N4/c8-5-4-10-11-7(5)6-2-1-3-9-6/h4,6,9H,1-3,8H2,(H,10,11). The summed E-state index contributed by atoms with van der Waals surface area (Å²) in [7, 11) is 0. The molecular weight excluding hydrogens is 140 g/mol. The van der Waals surface area contributed by atoms with Crippen molar-refractivity contribution in [2.45, 2.75) is 18.9 Å². The maximum absolute atomic E-state index is 5.69. The van der Waals surface area contributed by atoms with Gasteiger partial charge in [0.05, 0.1) is 23.6 Å². The van der Waals surface area contributed by atoms with Crippen molar-refractivity contribution in [2.75, 3.05) is 12.3 Å². The number of anilines is 1. The summed E-state index contributed by atoms with van der Waals surface area (Å²) in [5, 5.41) is 10.1. The molecule has 1 aromatic heterocycles. The fraction of sp³-hybridized carbons (Fsp3) is 0.571. The lowest BCUT2D eigenvalue weighted by Gasteiger charge is -2.07. The van der Waals surface area contributed by atoms with Gasteiger partial charge in [-0.25, -0.2) is 0 Å². The molecule has 1 fully saturated rings. The van der Waals surface area contributed by atoms with Gasteiger partial charge < -0.3 is 11.1 Å². The molecule has 0 aromatic carbocycles. The van der Waals surface area contributed by atoms with E-state index in [1.54, 1.807) is 6.20 Å². The quantitative estimate of drug-likeness (QED) is 0.546. The second-order valence-corrected chi connectivity index (χ2v) is 2.89. The summed E-state index contributed by atoms with van der Waals surface area (Å²) in [6.45, 7) is 1.09. The number of H-pyrrole nitrogens is 1. The maximum Gasteiger partial charge on any atom is 0.0750 e. The minimum Gasteiger partial charge on any atom is -0.396 e. The minimum atomic E-state index is 0.400. The van der Waals surface area contributed by atoms with Crippen LogP contribution in [0.2, 0.25) is 0 Å². The van der Waals surface area contributed by atoms with Crippen molar-refractivity contribution in [3.63, 3.8) is 0 Å². The number of nitrogens with one attached hydrogen (secondary N) is 2. The molecule has 1 atom stereocenters. The van der Waals surface area contributed by atoms with Crippen LogP contribution < -0.4 is 11.1 Å². The van der Waals surface area contributed by atoms with Gasteiger partial charge in [-0.1, -0.05) is 0 Å². The van der Waals surface area contributed by atoms with E-state index in [-0.39, 0.29) is 0 Å². The number of rotatable bonds is 1. The van der Waals surface area contributed by atoms with Crippen LogP contribution in [0.3, 0.4) is 0 Å². The maximum atomic E-state index is 5.69. The number of hydrogen-bond donors (Lipinski definition) is 3. The van der Waals surface area contributed by atoms with E-state index in [4.69, 9.17) is 5.73 Å². The molecule has 0 aliphatic carbocycles. The lowest BCUT2D eigenvalue weighted by atomic mass is 10.1. The molecule has 0 amide bonds. The third kappa shape index (κ3) is 1.09. The molecule has 0 bridgehead atoms. The van der Waals surface area contributed by atoms with E-state index in [1.165, 1.54) is 6.42 Å². The van der Waals surface area contributed by atoms with Crippen LogP contribution in [-0.4, -0.2) is 16.7 Å². The van der Waals surface area contributed by atoms with Gasteiger partial charge in [0.1, 0.15) is 0 Å². The Labute approximate surface area is 65.2 Å². The Bertz CT molecular complexity index is 236. The summed E-state index contributed by atoms with van der Waals surface area (Å²) in [5.74, 6) is 0. The monoisotopic (exact) mass is 152 g/mol. The highest BCUT2D eigenvalue weighted by atomic mass is 15.1. The Morgan fingerprint density at radius 2 is 2.55 bits per heavy atom. The lowest BCUT2D eigenvalue weighted by Crippen LogP contribution is -2.14. The third-order valence-electron chi connectivity index (χ3n) is 2.11. The molecule has 4 heteroatoms. The molecule has 1 unspecified atom stereocenters. The Balaban J connectivity index is 2.21. The smallest absolute Gasteiger partial charge is 0.0750 e. The highest BCUT2D eigenvalue weighted by Gasteiger charge is 2.19. The zero-order chi connectivity index (χ0) is 7.68. The topological polar surface area (TPSA) is 66.7 Å². The normalized spacial score (nSPS) is 24.2. The summed E-state index contributed by atoms with van der Waals surface area (Å²) in [6, 6.07) is 0.400. The molecule has 60 valence electrons. The van der Waals surface area contributed by atoms with E-state index in [1.807, 2.05) is 0 Å². The van der Waals surface area contributed by atoms with Crippen LogP contribution in [0.4, 0.5) is 5.69 Å². The van der Waals surface area contributed by atoms with Crippen molar-refractivity contribution < 1.29 is 0 Å². The first-order valence-electron chi connectivity index (χ1n) is 3.90. The summed E-state index contributed by atoms with van der Waals surface area (Å²) >= 11 is 0. The second kappa shape index (κ2) is 2.54. The molecule has 4 N–H and O–H groups in total. The lowest BCUT2D eigenvalue weighted by molar-refractivity contribution is 0.627. The zero-order valence-electron chi connectivity index (χ0n) is 6.30. The first kappa shape index (κ1) is 6.67. The second-order valence-electron chi connectivity index (χ2n) is 2.89. The van der Waals surface area contributed by atoms with Crippen LogP contribution in [0.15, 0.2) is 6.20 Å². The number of aromatic nitrogens is 2. The Morgan fingerprint density at radius 3 is 3.09 bits per heavy atom. The predicted molar refractivity (Wildman–Crippen MR) is 43.0 cm³/mol. The molecule has 1 aliphatic heterocycles. The molecule has 1 aliphatic rings. The Hall–Kier alpha value is -1.03. The molecule has 11 heavy (non-hydrogen) atoms. The zero-order valence-corrected chi connectivity index (χ0v) is 6.30. The molecule has 2 rings (SSSR count). The van der Waals surface area contributed by atoms with Crippen LogP contribution in [-0.2, 0) is 0 Å².